The van der Waals surface area contributed by atoms with Gasteiger partial charge in [-0.05, 0) is 36.4 Å². The number of imidazole rings is 1. The van der Waals surface area contributed by atoms with E-state index in [1.807, 2.05) is 86.2 Å². The number of aromatic nitrogens is 2. The molecule has 0 spiro atoms. The number of furan rings is 2. The Morgan fingerprint density at radius 1 is 0.941 bits per heavy atom. The van der Waals surface area contributed by atoms with Crippen LogP contribution in [0.4, 0.5) is 17.3 Å². The van der Waals surface area contributed by atoms with Crippen LogP contribution in [0.3, 0.4) is 0 Å². The first kappa shape index (κ1) is 18.9. The first-order chi connectivity index (χ1) is 16.7. The van der Waals surface area contributed by atoms with Gasteiger partial charge in [0, 0.05) is 36.6 Å². The van der Waals surface area contributed by atoms with E-state index in [0.717, 1.165) is 56.8 Å². The van der Waals surface area contributed by atoms with Crippen molar-refractivity contribution in [3.05, 3.63) is 91.5 Å². The van der Waals surface area contributed by atoms with E-state index in [4.69, 9.17) is 13.6 Å². The Morgan fingerprint density at radius 3 is 2.76 bits per heavy atom. The summed E-state index contributed by atoms with van der Waals surface area (Å²) in [6.45, 7) is 0.663. The number of pyridine rings is 1. The maximum atomic E-state index is 6.27. The summed E-state index contributed by atoms with van der Waals surface area (Å²) in [7, 11) is 2.01. The second kappa shape index (κ2) is 7.18. The lowest BCUT2D eigenvalue weighted by Crippen LogP contribution is -2.24. The molecule has 1 aliphatic heterocycles. The number of fused-ring (bicyclic) bond motifs is 4. The molecule has 0 saturated heterocycles. The number of ether oxygens (including phenoxy) is 1. The van der Waals surface area contributed by atoms with Gasteiger partial charge >= 0.3 is 0 Å². The van der Waals surface area contributed by atoms with Crippen LogP contribution in [-0.2, 0) is 0 Å². The number of hydrogen-bond acceptors (Lipinski definition) is 6. The minimum absolute atomic E-state index is 0.663. The molecule has 7 rings (SSSR count). The lowest BCUT2D eigenvalue weighted by atomic mass is 10.2. The molecule has 1 aliphatic rings. The van der Waals surface area contributed by atoms with Crippen LogP contribution in [0.15, 0.2) is 100 Å². The van der Waals surface area contributed by atoms with E-state index < -0.39 is 0 Å². The summed E-state index contributed by atoms with van der Waals surface area (Å²) in [5.74, 6) is 3.18. The largest absolute Gasteiger partial charge is 0.458 e. The summed E-state index contributed by atoms with van der Waals surface area (Å²) in [6, 6.07) is 23.9. The van der Waals surface area contributed by atoms with E-state index in [0.29, 0.717) is 6.67 Å². The van der Waals surface area contributed by atoms with Crippen molar-refractivity contribution in [2.75, 3.05) is 23.5 Å². The molecular weight excluding hydrogens is 428 g/mol. The van der Waals surface area contributed by atoms with Crippen LogP contribution in [0.2, 0.25) is 0 Å². The normalized spacial score (nSPS) is 13.2. The minimum atomic E-state index is 0.663. The second-order valence-electron chi connectivity index (χ2n) is 8.34. The summed E-state index contributed by atoms with van der Waals surface area (Å²) in [4.78, 5) is 8.84. The second-order valence-corrected chi connectivity index (χ2v) is 8.34. The van der Waals surface area contributed by atoms with Gasteiger partial charge in [-0.1, -0.05) is 24.3 Å². The van der Waals surface area contributed by atoms with E-state index >= 15 is 0 Å². The predicted molar refractivity (Wildman–Crippen MR) is 131 cm³/mol. The summed E-state index contributed by atoms with van der Waals surface area (Å²) in [6.07, 6.45) is 5.54. The minimum Gasteiger partial charge on any atom is -0.458 e. The standard InChI is InChI=1S/C27H20N4O3/c1-29-17-31(24-25-23(11-13-32-25)34-27(24)29)19-8-5-10-22(15-19)33-21-9-4-6-18(14-21)26-28-16-20-7-2-3-12-30(20)26/h2-16H,17H2,1H3. The van der Waals surface area contributed by atoms with Gasteiger partial charge in [-0.25, -0.2) is 4.98 Å². The van der Waals surface area contributed by atoms with Gasteiger partial charge in [0.1, 0.15) is 17.3 Å². The zero-order valence-electron chi connectivity index (χ0n) is 18.4. The highest BCUT2D eigenvalue weighted by Crippen LogP contribution is 2.48. The first-order valence-electron chi connectivity index (χ1n) is 11.0. The van der Waals surface area contributed by atoms with Crippen molar-refractivity contribution >= 4 is 33.9 Å². The van der Waals surface area contributed by atoms with Crippen LogP contribution in [-0.4, -0.2) is 23.1 Å². The fraction of sp³-hybridized carbons (Fsp3) is 0.0741. The number of benzene rings is 2. The number of hydrogen-bond donors (Lipinski definition) is 0. The van der Waals surface area contributed by atoms with Crippen molar-refractivity contribution < 1.29 is 13.6 Å². The lowest BCUT2D eigenvalue weighted by Gasteiger charge is -2.19. The molecule has 0 aliphatic carbocycles. The molecule has 34 heavy (non-hydrogen) atoms. The molecule has 5 heterocycles. The fourth-order valence-electron chi connectivity index (χ4n) is 4.56. The topological polar surface area (TPSA) is 59.3 Å². The molecule has 166 valence electrons. The quantitative estimate of drug-likeness (QED) is 0.300. The van der Waals surface area contributed by atoms with Crippen LogP contribution in [0.25, 0.3) is 28.1 Å². The Balaban J connectivity index is 1.21. The van der Waals surface area contributed by atoms with Gasteiger partial charge in [0.25, 0.3) is 0 Å². The van der Waals surface area contributed by atoms with Crippen LogP contribution in [0, 0.1) is 0 Å². The highest BCUT2D eigenvalue weighted by atomic mass is 16.5. The van der Waals surface area contributed by atoms with Crippen molar-refractivity contribution in [1.82, 2.24) is 9.38 Å². The van der Waals surface area contributed by atoms with Gasteiger partial charge in [-0.3, -0.25) is 4.40 Å². The molecule has 0 fully saturated rings. The third-order valence-electron chi connectivity index (χ3n) is 6.12. The predicted octanol–water partition coefficient (Wildman–Crippen LogP) is 6.68. The molecule has 2 aromatic carbocycles. The summed E-state index contributed by atoms with van der Waals surface area (Å²) < 4.78 is 20.0. The summed E-state index contributed by atoms with van der Waals surface area (Å²) in [5, 5.41) is 0. The van der Waals surface area contributed by atoms with Crippen molar-refractivity contribution in [2.24, 2.45) is 0 Å². The molecule has 0 bridgehead atoms. The van der Waals surface area contributed by atoms with Gasteiger partial charge in [0.2, 0.25) is 5.88 Å². The SMILES string of the molecule is CN1CN(c2cccc(Oc3cccc(-c4ncc5ccccn45)c3)c2)c2c1oc1ccoc21. The van der Waals surface area contributed by atoms with Crippen LogP contribution >= 0.6 is 0 Å². The molecule has 7 nitrogen and oxygen atoms in total. The average Bonchev–Trinajstić information content (AvgIpc) is 3.62. The molecule has 0 saturated carbocycles. The molecule has 0 amide bonds. The van der Waals surface area contributed by atoms with E-state index in [1.165, 1.54) is 0 Å². The molecule has 7 heteroatoms. The first-order valence-corrected chi connectivity index (χ1v) is 11.0. The van der Waals surface area contributed by atoms with Crippen molar-refractivity contribution in [2.45, 2.75) is 0 Å². The summed E-state index contributed by atoms with van der Waals surface area (Å²) >= 11 is 0. The molecule has 0 radical (unpaired) electrons. The Morgan fingerprint density at radius 2 is 1.82 bits per heavy atom. The highest BCUT2D eigenvalue weighted by Gasteiger charge is 2.33. The zero-order chi connectivity index (χ0) is 22.6. The van der Waals surface area contributed by atoms with E-state index in [1.54, 1.807) is 6.26 Å². The van der Waals surface area contributed by atoms with Crippen LogP contribution in [0.5, 0.6) is 11.5 Å². The van der Waals surface area contributed by atoms with Crippen molar-refractivity contribution in [3.63, 3.8) is 0 Å². The monoisotopic (exact) mass is 448 g/mol. The van der Waals surface area contributed by atoms with Gasteiger partial charge in [-0.15, -0.1) is 0 Å². The number of nitrogens with zero attached hydrogens (tertiary/aromatic N) is 4. The Bertz CT molecular complexity index is 1660. The van der Waals surface area contributed by atoms with Crippen LogP contribution in [0.1, 0.15) is 0 Å². The third-order valence-corrected chi connectivity index (χ3v) is 6.12. The van der Waals surface area contributed by atoms with E-state index in [-0.39, 0.29) is 0 Å². The molecule has 4 aromatic heterocycles. The third kappa shape index (κ3) is 2.87. The summed E-state index contributed by atoms with van der Waals surface area (Å²) in [5.41, 5.74) is 5.48. The fourth-order valence-corrected chi connectivity index (χ4v) is 4.56. The number of anilines is 3. The Labute approximate surface area is 195 Å². The molecule has 6 aromatic rings. The average molecular weight is 448 g/mol. The van der Waals surface area contributed by atoms with Gasteiger partial charge < -0.3 is 23.4 Å². The maximum absolute atomic E-state index is 6.27. The molecule has 0 N–H and O–H groups in total. The lowest BCUT2D eigenvalue weighted by molar-refractivity contribution is 0.483. The maximum Gasteiger partial charge on any atom is 0.225 e. The molecule has 0 atom stereocenters. The van der Waals surface area contributed by atoms with Gasteiger partial charge in [0.05, 0.1) is 24.6 Å². The number of rotatable bonds is 4. The smallest absolute Gasteiger partial charge is 0.225 e. The molecular formula is C27H20N4O3. The van der Waals surface area contributed by atoms with E-state index in [2.05, 4.69) is 25.3 Å². The van der Waals surface area contributed by atoms with Crippen molar-refractivity contribution in [3.8, 4) is 22.9 Å². The van der Waals surface area contributed by atoms with E-state index in [9.17, 15) is 0 Å². The Hall–Kier alpha value is -4.65. The van der Waals surface area contributed by atoms with Crippen molar-refractivity contribution in [1.29, 1.82) is 0 Å². The zero-order valence-corrected chi connectivity index (χ0v) is 18.4. The molecule has 0 unspecified atom stereocenters. The Kier molecular flexibility index (Phi) is 3.99. The van der Waals surface area contributed by atoms with Gasteiger partial charge in [-0.2, -0.15) is 0 Å². The van der Waals surface area contributed by atoms with Gasteiger partial charge in [0.15, 0.2) is 16.9 Å². The highest BCUT2D eigenvalue weighted by molar-refractivity contribution is 5.98. The van der Waals surface area contributed by atoms with Crippen LogP contribution < -0.4 is 14.5 Å².